The molecule has 304 valence electrons. The average molecular weight is 774 g/mol. The lowest BCUT2D eigenvalue weighted by molar-refractivity contribution is -0.143. The molecule has 25 nitrogen and oxygen atoms in total. The fourth-order valence-corrected chi connectivity index (χ4v) is 4.39. The van der Waals surface area contributed by atoms with Crippen LogP contribution in [-0.4, -0.2) is 130 Å². The molecule has 0 bridgehead atoms. The van der Waals surface area contributed by atoms with Crippen molar-refractivity contribution in [2.24, 2.45) is 44.4 Å². The molecule has 0 radical (unpaired) electrons. The van der Waals surface area contributed by atoms with Crippen LogP contribution in [0.25, 0.3) is 0 Å². The van der Waals surface area contributed by atoms with Gasteiger partial charge in [-0.05, 0) is 45.4 Å². The molecule has 0 heterocycles. The van der Waals surface area contributed by atoms with Crippen molar-refractivity contribution in [2.75, 3.05) is 13.1 Å². The Morgan fingerprint density at radius 3 is 1.44 bits per heavy atom. The van der Waals surface area contributed by atoms with E-state index in [1.54, 1.807) is 0 Å². The molecule has 0 aliphatic rings. The van der Waals surface area contributed by atoms with Gasteiger partial charge in [0.2, 0.25) is 35.4 Å². The summed E-state index contributed by atoms with van der Waals surface area (Å²) < 4.78 is 0. The highest BCUT2D eigenvalue weighted by molar-refractivity contribution is 5.97. The van der Waals surface area contributed by atoms with E-state index in [9.17, 15) is 58.5 Å². The van der Waals surface area contributed by atoms with E-state index in [-0.39, 0.29) is 50.7 Å². The van der Waals surface area contributed by atoms with Gasteiger partial charge in [-0.25, -0.2) is 4.79 Å². The van der Waals surface area contributed by atoms with Gasteiger partial charge in [0.15, 0.2) is 11.9 Å². The van der Waals surface area contributed by atoms with E-state index in [4.69, 9.17) is 34.4 Å². The lowest BCUT2D eigenvalue weighted by Gasteiger charge is -2.26. The molecular weight excluding hydrogens is 722 g/mol. The molecule has 54 heavy (non-hydrogen) atoms. The number of nitrogens with zero attached hydrogens (tertiary/aromatic N) is 2. The van der Waals surface area contributed by atoms with E-state index in [0.29, 0.717) is 0 Å². The first-order valence-corrected chi connectivity index (χ1v) is 16.5. The summed E-state index contributed by atoms with van der Waals surface area (Å²) in [5.41, 5.74) is 32.0. The number of carbonyl (C=O) groups excluding carboxylic acids is 6. The Kier molecular flexibility index (Phi) is 22.0. The monoisotopic (exact) mass is 773 g/mol. The zero-order valence-corrected chi connectivity index (χ0v) is 29.6. The summed E-state index contributed by atoms with van der Waals surface area (Å²) in [6.45, 7) is 1.33. The fourth-order valence-electron chi connectivity index (χ4n) is 4.39. The molecule has 0 aromatic carbocycles. The standard InChI is InChI=1S/C29H51N13O12/c1-13(38-26(52)18(12-21(46)47)42-23(49)14(30)4-2-10-36-28(32)33)22(48)39-15(6-8-19(31)43)24(50)40-16(7-9-20(44)45)25(51)41-17(27(53)54)5-3-11-37-29(34)35/h13-18H,2-12,30H2,1H3,(H2,31,43)(H,38,52)(H,39,48)(H,40,50)(H,41,51)(H,42,49)(H,44,45)(H,46,47)(H,53,54)(H4,32,33,36)(H4,34,35,37). The van der Waals surface area contributed by atoms with Crippen LogP contribution in [0.15, 0.2) is 9.98 Å². The Labute approximate surface area is 308 Å². The number of carboxylic acids is 3. The van der Waals surface area contributed by atoms with E-state index >= 15 is 0 Å². The molecule has 0 aliphatic heterocycles. The minimum Gasteiger partial charge on any atom is -0.481 e. The highest BCUT2D eigenvalue weighted by atomic mass is 16.4. The highest BCUT2D eigenvalue weighted by Gasteiger charge is 2.32. The second-order valence-electron chi connectivity index (χ2n) is 11.9. The molecule has 6 unspecified atom stereocenters. The van der Waals surface area contributed by atoms with Crippen molar-refractivity contribution in [2.45, 2.75) is 101 Å². The van der Waals surface area contributed by atoms with E-state index < -0.39 is 122 Å². The van der Waals surface area contributed by atoms with Gasteiger partial charge >= 0.3 is 17.9 Å². The summed E-state index contributed by atoms with van der Waals surface area (Å²) >= 11 is 0. The Balaban J connectivity index is 5.88. The number of hydrogen-bond acceptors (Lipinski definition) is 12. The van der Waals surface area contributed by atoms with Crippen molar-refractivity contribution in [3.8, 4) is 0 Å². The number of guanidine groups is 2. The first-order valence-electron chi connectivity index (χ1n) is 16.5. The Hall–Kier alpha value is -6.27. The van der Waals surface area contributed by atoms with Crippen LogP contribution in [0.4, 0.5) is 0 Å². The maximum absolute atomic E-state index is 13.3. The molecule has 6 amide bonds. The van der Waals surface area contributed by atoms with Crippen molar-refractivity contribution in [1.29, 1.82) is 0 Å². The van der Waals surface area contributed by atoms with Crippen LogP contribution in [0, 0.1) is 0 Å². The zero-order valence-electron chi connectivity index (χ0n) is 29.6. The highest BCUT2D eigenvalue weighted by Crippen LogP contribution is 2.07. The maximum atomic E-state index is 13.3. The molecule has 0 saturated heterocycles. The topological polar surface area (TPSA) is 455 Å². The van der Waals surface area contributed by atoms with Crippen LogP contribution >= 0.6 is 0 Å². The molecule has 0 aromatic rings. The first-order chi connectivity index (χ1) is 25.1. The van der Waals surface area contributed by atoms with Crippen LogP contribution in [0.5, 0.6) is 0 Å². The van der Waals surface area contributed by atoms with Crippen molar-refractivity contribution >= 4 is 65.3 Å². The second kappa shape index (κ2) is 24.8. The van der Waals surface area contributed by atoms with Gasteiger partial charge in [0.25, 0.3) is 0 Å². The van der Waals surface area contributed by atoms with Crippen molar-refractivity contribution in [3.63, 3.8) is 0 Å². The van der Waals surface area contributed by atoms with Gasteiger partial charge < -0.3 is 76.3 Å². The number of carbonyl (C=O) groups is 9. The normalized spacial score (nSPS) is 13.9. The van der Waals surface area contributed by atoms with Crippen LogP contribution in [0.1, 0.15) is 64.7 Å². The number of nitrogens with two attached hydrogens (primary N) is 6. The number of hydrogen-bond donors (Lipinski definition) is 14. The quantitative estimate of drug-likeness (QED) is 0.0210. The number of carboxylic acid groups (broad SMARTS) is 3. The summed E-state index contributed by atoms with van der Waals surface area (Å²) in [6.07, 6.45) is -2.68. The van der Waals surface area contributed by atoms with Gasteiger partial charge in [0.05, 0.1) is 12.5 Å². The van der Waals surface area contributed by atoms with Crippen LogP contribution in [-0.2, 0) is 43.2 Å². The largest absolute Gasteiger partial charge is 0.481 e. The van der Waals surface area contributed by atoms with E-state index in [2.05, 4.69) is 36.6 Å². The van der Waals surface area contributed by atoms with Gasteiger partial charge in [0.1, 0.15) is 30.2 Å². The van der Waals surface area contributed by atoms with E-state index in [1.165, 1.54) is 0 Å². The van der Waals surface area contributed by atoms with Crippen LogP contribution < -0.4 is 61.0 Å². The molecule has 0 fully saturated rings. The third-order valence-corrected chi connectivity index (χ3v) is 7.22. The second-order valence-corrected chi connectivity index (χ2v) is 11.9. The molecule has 0 rings (SSSR count). The number of rotatable bonds is 27. The fraction of sp³-hybridized carbons (Fsp3) is 0.621. The number of amides is 6. The summed E-state index contributed by atoms with van der Waals surface area (Å²) in [5, 5.41) is 39.2. The van der Waals surface area contributed by atoms with Crippen molar-refractivity contribution in [3.05, 3.63) is 0 Å². The molecule has 25 heteroatoms. The van der Waals surface area contributed by atoms with Gasteiger partial charge in [-0.3, -0.25) is 48.3 Å². The van der Waals surface area contributed by atoms with E-state index in [0.717, 1.165) is 6.92 Å². The third kappa shape index (κ3) is 21.2. The first kappa shape index (κ1) is 47.7. The van der Waals surface area contributed by atoms with E-state index in [1.807, 2.05) is 0 Å². The number of nitrogens with one attached hydrogen (secondary N) is 5. The predicted molar refractivity (Wildman–Crippen MR) is 188 cm³/mol. The minimum absolute atomic E-state index is 0.0348. The molecule has 6 atom stereocenters. The Morgan fingerprint density at radius 1 is 0.537 bits per heavy atom. The summed E-state index contributed by atoms with van der Waals surface area (Å²) in [4.78, 5) is 119. The zero-order chi connectivity index (χ0) is 41.5. The third-order valence-electron chi connectivity index (χ3n) is 7.22. The van der Waals surface area contributed by atoms with Crippen LogP contribution in [0.2, 0.25) is 0 Å². The molecule has 0 aliphatic carbocycles. The van der Waals surface area contributed by atoms with Crippen molar-refractivity contribution in [1.82, 2.24) is 26.6 Å². The Bertz CT molecular complexity index is 1420. The van der Waals surface area contributed by atoms with Crippen LogP contribution in [0.3, 0.4) is 0 Å². The average Bonchev–Trinajstić information content (AvgIpc) is 3.06. The van der Waals surface area contributed by atoms with Gasteiger partial charge in [-0.15, -0.1) is 0 Å². The molecule has 20 N–H and O–H groups in total. The SMILES string of the molecule is CC(NC(=O)C(CC(=O)O)NC(=O)C(N)CCCN=C(N)N)C(=O)NC(CCC(N)=O)C(=O)NC(CCC(=O)O)C(=O)NC(CCCN=C(N)N)C(=O)O. The summed E-state index contributed by atoms with van der Waals surface area (Å²) in [6, 6.07) is -9.13. The molecular formula is C29H51N13O12. The number of aliphatic imine (C=N–C) groups is 2. The van der Waals surface area contributed by atoms with Gasteiger partial charge in [0, 0.05) is 25.9 Å². The smallest absolute Gasteiger partial charge is 0.326 e. The van der Waals surface area contributed by atoms with Gasteiger partial charge in [-0.2, -0.15) is 0 Å². The summed E-state index contributed by atoms with van der Waals surface area (Å²) in [5.74, 6) is -10.9. The lowest BCUT2D eigenvalue weighted by Crippen LogP contribution is -2.59. The molecule has 0 spiro atoms. The maximum Gasteiger partial charge on any atom is 0.326 e. The van der Waals surface area contributed by atoms with Crippen molar-refractivity contribution < 1.29 is 58.5 Å². The van der Waals surface area contributed by atoms with Gasteiger partial charge in [-0.1, -0.05) is 0 Å². The molecule has 0 aromatic heterocycles. The minimum atomic E-state index is -1.70. The molecule has 0 saturated carbocycles. The Morgan fingerprint density at radius 2 is 0.981 bits per heavy atom. The number of aliphatic carboxylic acids is 3. The predicted octanol–water partition coefficient (Wildman–Crippen LogP) is -6.45. The summed E-state index contributed by atoms with van der Waals surface area (Å²) in [7, 11) is 0. The lowest BCUT2D eigenvalue weighted by atomic mass is 10.1. The number of primary amides is 1.